The molecule has 2 aromatic carbocycles. The van der Waals surface area contributed by atoms with E-state index in [0.717, 1.165) is 5.56 Å². The van der Waals surface area contributed by atoms with Gasteiger partial charge in [-0.05, 0) is 48.4 Å². The Morgan fingerprint density at radius 2 is 1.92 bits per heavy atom. The first-order valence-corrected chi connectivity index (χ1v) is 8.29. The molecule has 0 heterocycles. The zero-order valence-electron chi connectivity index (χ0n) is 14.5. The van der Waals surface area contributed by atoms with Crippen molar-refractivity contribution in [1.29, 1.82) is 5.26 Å². The smallest absolute Gasteiger partial charge is 0.348 e. The van der Waals surface area contributed by atoms with E-state index >= 15 is 0 Å². The molecule has 0 aromatic heterocycles. The third-order valence-electron chi connectivity index (χ3n) is 3.42. The van der Waals surface area contributed by atoms with Crippen molar-refractivity contribution < 1.29 is 19.0 Å². The van der Waals surface area contributed by atoms with Gasteiger partial charge >= 0.3 is 5.97 Å². The van der Waals surface area contributed by atoms with E-state index in [1.54, 1.807) is 37.3 Å². The summed E-state index contributed by atoms with van der Waals surface area (Å²) in [6.07, 6.45) is 1.45. The summed E-state index contributed by atoms with van der Waals surface area (Å²) in [5.41, 5.74) is 1.52. The van der Waals surface area contributed by atoms with Crippen molar-refractivity contribution in [2.45, 2.75) is 13.5 Å². The molecule has 5 nitrogen and oxygen atoms in total. The molecule has 0 saturated carbocycles. The van der Waals surface area contributed by atoms with Gasteiger partial charge in [-0.3, -0.25) is 0 Å². The van der Waals surface area contributed by atoms with Crippen molar-refractivity contribution in [2.24, 2.45) is 0 Å². The minimum Gasteiger partial charge on any atom is -0.493 e. The fourth-order valence-corrected chi connectivity index (χ4v) is 2.27. The number of nitriles is 1. The number of esters is 1. The van der Waals surface area contributed by atoms with Crippen molar-refractivity contribution in [3.05, 3.63) is 64.2 Å². The number of halogens is 1. The zero-order valence-corrected chi connectivity index (χ0v) is 15.2. The highest BCUT2D eigenvalue weighted by molar-refractivity contribution is 6.30. The fourth-order valence-electron chi connectivity index (χ4n) is 2.15. The summed E-state index contributed by atoms with van der Waals surface area (Å²) < 4.78 is 16.0. The second-order valence-electron chi connectivity index (χ2n) is 5.22. The molecule has 0 radical (unpaired) electrons. The molecule has 0 spiro atoms. The van der Waals surface area contributed by atoms with Gasteiger partial charge in [0.2, 0.25) is 0 Å². The van der Waals surface area contributed by atoms with Crippen LogP contribution in [0.2, 0.25) is 5.02 Å². The lowest BCUT2D eigenvalue weighted by Gasteiger charge is -2.11. The van der Waals surface area contributed by atoms with Crippen LogP contribution >= 0.6 is 11.6 Å². The molecule has 0 saturated heterocycles. The van der Waals surface area contributed by atoms with Gasteiger partial charge in [-0.15, -0.1) is 0 Å². The van der Waals surface area contributed by atoms with Crippen LogP contribution in [0.5, 0.6) is 11.5 Å². The van der Waals surface area contributed by atoms with E-state index in [9.17, 15) is 4.79 Å². The first-order chi connectivity index (χ1) is 12.6. The van der Waals surface area contributed by atoms with E-state index in [-0.39, 0.29) is 12.2 Å². The number of nitrogens with zero attached hydrogens (tertiary/aromatic N) is 1. The van der Waals surface area contributed by atoms with Crippen molar-refractivity contribution >= 4 is 23.6 Å². The number of rotatable bonds is 7. The number of methoxy groups -OCH3 is 1. The number of ether oxygens (including phenoxy) is 3. The van der Waals surface area contributed by atoms with Gasteiger partial charge in [0.1, 0.15) is 18.2 Å². The molecular weight excluding hydrogens is 354 g/mol. The van der Waals surface area contributed by atoms with E-state index in [0.29, 0.717) is 28.7 Å². The van der Waals surface area contributed by atoms with Gasteiger partial charge in [0.15, 0.2) is 11.5 Å². The molecule has 0 aliphatic carbocycles. The zero-order chi connectivity index (χ0) is 18.9. The Bertz CT molecular complexity index is 838. The average molecular weight is 372 g/mol. The second kappa shape index (κ2) is 9.50. The van der Waals surface area contributed by atoms with Gasteiger partial charge in [-0.2, -0.15) is 5.26 Å². The Kier molecular flexibility index (Phi) is 7.07. The molecule has 0 amide bonds. The van der Waals surface area contributed by atoms with E-state index in [2.05, 4.69) is 0 Å². The molecule has 0 aliphatic heterocycles. The van der Waals surface area contributed by atoms with Crippen LogP contribution in [0.3, 0.4) is 0 Å². The fraction of sp³-hybridized carbons (Fsp3) is 0.200. The highest BCUT2D eigenvalue weighted by Gasteiger charge is 2.11. The Hall–Kier alpha value is -2.97. The maximum absolute atomic E-state index is 11.7. The SMILES string of the molecule is CCOC(=O)C(C#N)=Cc1ccc(OCc2ccc(Cl)cc2)c(OC)c1. The van der Waals surface area contributed by atoms with Gasteiger partial charge in [0.25, 0.3) is 0 Å². The Morgan fingerprint density at radius 3 is 2.54 bits per heavy atom. The van der Waals surface area contributed by atoms with Crippen LogP contribution in [-0.2, 0) is 16.1 Å². The minimum absolute atomic E-state index is 0.0799. The summed E-state index contributed by atoms with van der Waals surface area (Å²) in [5, 5.41) is 9.78. The number of benzene rings is 2. The second-order valence-corrected chi connectivity index (χ2v) is 5.65. The lowest BCUT2D eigenvalue weighted by Crippen LogP contribution is -2.06. The summed E-state index contributed by atoms with van der Waals surface area (Å²) in [4.78, 5) is 11.7. The van der Waals surface area contributed by atoms with Crippen LogP contribution in [-0.4, -0.2) is 19.7 Å². The quantitative estimate of drug-likeness (QED) is 0.410. The van der Waals surface area contributed by atoms with Gasteiger partial charge in [-0.1, -0.05) is 29.8 Å². The van der Waals surface area contributed by atoms with E-state index in [1.807, 2.05) is 18.2 Å². The van der Waals surface area contributed by atoms with Crippen molar-refractivity contribution in [3.63, 3.8) is 0 Å². The highest BCUT2D eigenvalue weighted by atomic mass is 35.5. The molecule has 26 heavy (non-hydrogen) atoms. The maximum atomic E-state index is 11.7. The summed E-state index contributed by atoms with van der Waals surface area (Å²) in [6, 6.07) is 14.3. The molecule has 0 bridgehead atoms. The van der Waals surface area contributed by atoms with E-state index in [4.69, 9.17) is 31.1 Å². The number of hydrogen-bond donors (Lipinski definition) is 0. The third kappa shape index (κ3) is 5.27. The van der Waals surface area contributed by atoms with Crippen LogP contribution in [0.1, 0.15) is 18.1 Å². The summed E-state index contributed by atoms with van der Waals surface area (Å²) in [7, 11) is 1.52. The predicted molar refractivity (Wildman–Crippen MR) is 99.0 cm³/mol. The van der Waals surface area contributed by atoms with Gasteiger partial charge in [0, 0.05) is 5.02 Å². The largest absolute Gasteiger partial charge is 0.493 e. The maximum Gasteiger partial charge on any atom is 0.348 e. The molecular formula is C20H18ClNO4. The minimum atomic E-state index is -0.656. The first kappa shape index (κ1) is 19.4. The number of hydrogen-bond acceptors (Lipinski definition) is 5. The molecule has 0 fully saturated rings. The summed E-state index contributed by atoms with van der Waals surface area (Å²) in [5.74, 6) is 0.389. The van der Waals surface area contributed by atoms with Crippen LogP contribution in [0, 0.1) is 11.3 Å². The number of carbonyl (C=O) groups is 1. The van der Waals surface area contributed by atoms with E-state index in [1.165, 1.54) is 13.2 Å². The average Bonchev–Trinajstić information content (AvgIpc) is 2.66. The Labute approximate surface area is 157 Å². The molecule has 134 valence electrons. The molecule has 0 N–H and O–H groups in total. The lowest BCUT2D eigenvalue weighted by atomic mass is 10.1. The van der Waals surface area contributed by atoms with Crippen LogP contribution in [0.4, 0.5) is 0 Å². The lowest BCUT2D eigenvalue weighted by molar-refractivity contribution is -0.137. The van der Waals surface area contributed by atoms with E-state index < -0.39 is 5.97 Å². The first-order valence-electron chi connectivity index (χ1n) is 7.91. The van der Waals surface area contributed by atoms with Crippen molar-refractivity contribution in [3.8, 4) is 17.6 Å². The highest BCUT2D eigenvalue weighted by Crippen LogP contribution is 2.30. The summed E-state index contributed by atoms with van der Waals surface area (Å²) in [6.45, 7) is 2.25. The molecule has 6 heteroatoms. The summed E-state index contributed by atoms with van der Waals surface area (Å²) >= 11 is 5.87. The van der Waals surface area contributed by atoms with Crippen LogP contribution < -0.4 is 9.47 Å². The molecule has 0 atom stereocenters. The topological polar surface area (TPSA) is 68.6 Å². The Balaban J connectivity index is 2.17. The van der Waals surface area contributed by atoms with Crippen molar-refractivity contribution in [2.75, 3.05) is 13.7 Å². The number of carbonyl (C=O) groups excluding carboxylic acids is 1. The monoisotopic (exact) mass is 371 g/mol. The molecule has 2 aromatic rings. The predicted octanol–water partition coefficient (Wildman–Crippen LogP) is 4.40. The normalized spacial score (nSPS) is 10.8. The van der Waals surface area contributed by atoms with Crippen LogP contribution in [0.15, 0.2) is 48.0 Å². The van der Waals surface area contributed by atoms with Gasteiger partial charge in [-0.25, -0.2) is 4.79 Å². The van der Waals surface area contributed by atoms with Crippen molar-refractivity contribution in [1.82, 2.24) is 0 Å². The molecule has 0 aliphatic rings. The Morgan fingerprint density at radius 1 is 1.19 bits per heavy atom. The standard InChI is InChI=1S/C20H18ClNO4/c1-3-25-20(23)16(12-22)10-15-6-9-18(19(11-15)24-2)26-13-14-4-7-17(21)8-5-14/h4-11H,3,13H2,1-2H3. The van der Waals surface area contributed by atoms with Crippen LogP contribution in [0.25, 0.3) is 6.08 Å². The van der Waals surface area contributed by atoms with Gasteiger partial charge in [0.05, 0.1) is 13.7 Å². The molecule has 0 unspecified atom stereocenters. The third-order valence-corrected chi connectivity index (χ3v) is 3.67. The van der Waals surface area contributed by atoms with Gasteiger partial charge < -0.3 is 14.2 Å². The molecule has 2 rings (SSSR count).